The first-order valence-electron chi connectivity index (χ1n) is 5.86. The van der Waals surface area contributed by atoms with E-state index in [-0.39, 0.29) is 6.04 Å². The summed E-state index contributed by atoms with van der Waals surface area (Å²) in [6.07, 6.45) is 2.90. The van der Waals surface area contributed by atoms with E-state index in [4.69, 9.17) is 4.74 Å². The summed E-state index contributed by atoms with van der Waals surface area (Å²) in [4.78, 5) is 8.91. The van der Waals surface area contributed by atoms with Gasteiger partial charge in [-0.3, -0.25) is 4.98 Å². The molecule has 0 fully saturated rings. The van der Waals surface area contributed by atoms with Gasteiger partial charge in [0.1, 0.15) is 12.3 Å². The van der Waals surface area contributed by atoms with Crippen molar-refractivity contribution in [3.8, 4) is 0 Å². The van der Waals surface area contributed by atoms with E-state index in [0.29, 0.717) is 18.4 Å². The van der Waals surface area contributed by atoms with Crippen LogP contribution in [0.5, 0.6) is 0 Å². The molecule has 86 valence electrons. The predicted molar refractivity (Wildman–Crippen MR) is 64.7 cm³/mol. The van der Waals surface area contributed by atoms with Crippen LogP contribution in [0.4, 0.5) is 0 Å². The second kappa shape index (κ2) is 4.64. The van der Waals surface area contributed by atoms with Crippen molar-refractivity contribution in [2.24, 2.45) is 10.9 Å². The second-order valence-electron chi connectivity index (χ2n) is 4.46. The molecule has 1 atom stereocenters. The van der Waals surface area contributed by atoms with Crippen molar-refractivity contribution < 1.29 is 4.74 Å². The second-order valence-corrected chi connectivity index (χ2v) is 4.46. The Bertz CT molecular complexity index is 381. The van der Waals surface area contributed by atoms with Crippen LogP contribution < -0.4 is 0 Å². The van der Waals surface area contributed by atoms with Crippen molar-refractivity contribution in [3.05, 3.63) is 29.6 Å². The molecule has 0 aromatic carbocycles. The molecular formula is C13H18N2O. The molecule has 2 heterocycles. The van der Waals surface area contributed by atoms with Gasteiger partial charge in [-0.25, -0.2) is 4.99 Å². The highest BCUT2D eigenvalue weighted by atomic mass is 16.5. The average Bonchev–Trinajstić information content (AvgIpc) is 2.78. The molecule has 1 aromatic rings. The van der Waals surface area contributed by atoms with E-state index < -0.39 is 0 Å². The van der Waals surface area contributed by atoms with Gasteiger partial charge in [0.25, 0.3) is 0 Å². The third-order valence-electron chi connectivity index (χ3n) is 2.90. The number of aliphatic imine (C=N–C) groups is 1. The molecule has 0 aliphatic carbocycles. The fourth-order valence-electron chi connectivity index (χ4n) is 1.63. The van der Waals surface area contributed by atoms with E-state index in [2.05, 4.69) is 36.8 Å². The summed E-state index contributed by atoms with van der Waals surface area (Å²) in [7, 11) is 0. The van der Waals surface area contributed by atoms with Gasteiger partial charge in [-0.15, -0.1) is 0 Å². The predicted octanol–water partition coefficient (Wildman–Crippen LogP) is 2.45. The fraction of sp³-hybridized carbons (Fsp3) is 0.538. The Labute approximate surface area is 96.6 Å². The Morgan fingerprint density at radius 2 is 2.25 bits per heavy atom. The molecule has 0 radical (unpaired) electrons. The largest absolute Gasteiger partial charge is 0.474 e. The lowest BCUT2D eigenvalue weighted by molar-refractivity contribution is 0.291. The minimum absolute atomic E-state index is 0.280. The van der Waals surface area contributed by atoms with Gasteiger partial charge in [0.2, 0.25) is 5.90 Å². The number of hydrogen-bond donors (Lipinski definition) is 0. The van der Waals surface area contributed by atoms with Crippen LogP contribution in [0.15, 0.2) is 23.3 Å². The molecule has 1 unspecified atom stereocenters. The molecule has 3 nitrogen and oxygen atoms in total. The van der Waals surface area contributed by atoms with E-state index in [1.54, 1.807) is 0 Å². The van der Waals surface area contributed by atoms with Gasteiger partial charge < -0.3 is 4.74 Å². The molecule has 1 aliphatic heterocycles. The Morgan fingerprint density at radius 1 is 1.44 bits per heavy atom. The van der Waals surface area contributed by atoms with Gasteiger partial charge in [-0.1, -0.05) is 26.8 Å². The average molecular weight is 218 g/mol. The molecule has 0 amide bonds. The van der Waals surface area contributed by atoms with Gasteiger partial charge >= 0.3 is 0 Å². The van der Waals surface area contributed by atoms with Crippen LogP contribution in [-0.2, 0) is 11.2 Å². The molecule has 2 rings (SSSR count). The van der Waals surface area contributed by atoms with Crippen molar-refractivity contribution >= 4 is 5.90 Å². The molecule has 0 spiro atoms. The maximum absolute atomic E-state index is 5.57. The van der Waals surface area contributed by atoms with Crippen LogP contribution in [0.3, 0.4) is 0 Å². The first-order valence-corrected chi connectivity index (χ1v) is 5.86. The van der Waals surface area contributed by atoms with Crippen LogP contribution in [0, 0.1) is 5.92 Å². The lowest BCUT2D eigenvalue weighted by Crippen LogP contribution is -2.13. The van der Waals surface area contributed by atoms with E-state index in [9.17, 15) is 0 Å². The third kappa shape index (κ3) is 2.23. The molecular weight excluding hydrogens is 200 g/mol. The minimum atomic E-state index is 0.280. The number of hydrogen-bond acceptors (Lipinski definition) is 3. The summed E-state index contributed by atoms with van der Waals surface area (Å²) in [5.41, 5.74) is 2.09. The molecule has 1 aliphatic rings. The summed E-state index contributed by atoms with van der Waals surface area (Å²) in [6.45, 7) is 7.13. The quantitative estimate of drug-likeness (QED) is 0.781. The fourth-order valence-corrected chi connectivity index (χ4v) is 1.63. The summed E-state index contributed by atoms with van der Waals surface area (Å²) in [5.74, 6) is 1.22. The van der Waals surface area contributed by atoms with Crippen LogP contribution in [0.1, 0.15) is 32.0 Å². The number of ether oxygens (including phenoxy) is 1. The summed E-state index contributed by atoms with van der Waals surface area (Å²) >= 11 is 0. The lowest BCUT2D eigenvalue weighted by atomic mass is 10.1. The zero-order valence-corrected chi connectivity index (χ0v) is 10.1. The van der Waals surface area contributed by atoms with Crippen LogP contribution in [0.25, 0.3) is 0 Å². The first kappa shape index (κ1) is 11.1. The Balaban J connectivity index is 2.16. The van der Waals surface area contributed by atoms with Gasteiger partial charge in [-0.2, -0.15) is 0 Å². The molecule has 0 bridgehead atoms. The van der Waals surface area contributed by atoms with Crippen LogP contribution in [0.2, 0.25) is 0 Å². The van der Waals surface area contributed by atoms with Crippen molar-refractivity contribution in [2.75, 3.05) is 6.61 Å². The van der Waals surface area contributed by atoms with Crippen molar-refractivity contribution in [2.45, 2.75) is 33.2 Å². The lowest BCUT2D eigenvalue weighted by Gasteiger charge is -2.06. The van der Waals surface area contributed by atoms with Crippen molar-refractivity contribution in [1.29, 1.82) is 0 Å². The Kier molecular flexibility index (Phi) is 3.22. The van der Waals surface area contributed by atoms with E-state index in [1.807, 2.05) is 12.3 Å². The van der Waals surface area contributed by atoms with Crippen LogP contribution >= 0.6 is 0 Å². The van der Waals surface area contributed by atoms with Gasteiger partial charge in [0, 0.05) is 6.20 Å². The van der Waals surface area contributed by atoms with Gasteiger partial charge in [0.05, 0.1) is 6.04 Å². The Morgan fingerprint density at radius 3 is 2.75 bits per heavy atom. The van der Waals surface area contributed by atoms with Crippen molar-refractivity contribution in [1.82, 2.24) is 4.98 Å². The standard InChI is InChI=1S/C13H18N2O/c1-4-10-5-6-11(14-7-10)13-15-12(8-16-13)9(2)3/h5-7,9,12H,4,8H2,1-3H3. The van der Waals surface area contributed by atoms with E-state index in [1.165, 1.54) is 5.56 Å². The molecule has 1 aromatic heterocycles. The first-order chi connectivity index (χ1) is 7.70. The number of aryl methyl sites for hydroxylation is 1. The smallest absolute Gasteiger partial charge is 0.235 e. The number of pyridine rings is 1. The maximum atomic E-state index is 5.57. The number of aromatic nitrogens is 1. The SMILES string of the molecule is CCc1ccc(C2=NC(C(C)C)CO2)nc1. The number of rotatable bonds is 3. The Hall–Kier alpha value is -1.38. The highest BCUT2D eigenvalue weighted by molar-refractivity contribution is 5.93. The maximum Gasteiger partial charge on any atom is 0.235 e. The highest BCUT2D eigenvalue weighted by Gasteiger charge is 2.23. The van der Waals surface area contributed by atoms with Crippen LogP contribution in [-0.4, -0.2) is 23.5 Å². The van der Waals surface area contributed by atoms with Gasteiger partial charge in [0.15, 0.2) is 0 Å². The molecule has 3 heteroatoms. The monoisotopic (exact) mass is 218 g/mol. The third-order valence-corrected chi connectivity index (χ3v) is 2.90. The highest BCUT2D eigenvalue weighted by Crippen LogP contribution is 2.16. The summed E-state index contributed by atoms with van der Waals surface area (Å²) < 4.78 is 5.57. The summed E-state index contributed by atoms with van der Waals surface area (Å²) in [5, 5.41) is 0. The molecule has 0 N–H and O–H groups in total. The zero-order chi connectivity index (χ0) is 11.5. The minimum Gasteiger partial charge on any atom is -0.474 e. The van der Waals surface area contributed by atoms with Gasteiger partial charge in [-0.05, 0) is 24.0 Å². The summed E-state index contributed by atoms with van der Waals surface area (Å²) in [6, 6.07) is 4.35. The molecule has 0 saturated carbocycles. The zero-order valence-electron chi connectivity index (χ0n) is 10.1. The molecule has 16 heavy (non-hydrogen) atoms. The number of nitrogens with zero attached hydrogens (tertiary/aromatic N) is 2. The van der Waals surface area contributed by atoms with E-state index >= 15 is 0 Å². The van der Waals surface area contributed by atoms with Crippen molar-refractivity contribution in [3.63, 3.8) is 0 Å². The normalized spacial score (nSPS) is 19.8. The molecule has 0 saturated heterocycles. The topological polar surface area (TPSA) is 34.5 Å². The van der Waals surface area contributed by atoms with E-state index in [0.717, 1.165) is 12.1 Å².